The summed E-state index contributed by atoms with van der Waals surface area (Å²) in [6, 6.07) is 2.73. The van der Waals surface area contributed by atoms with Crippen LogP contribution in [0.2, 0.25) is 24.2 Å². The Morgan fingerprint density at radius 3 is 0.869 bits per heavy atom. The second kappa shape index (κ2) is 34.0. The predicted octanol–water partition coefficient (Wildman–Crippen LogP) is 6.39. The molecule has 2 unspecified atom stereocenters. The van der Waals surface area contributed by atoms with E-state index in [1.165, 1.54) is 0 Å². The van der Waals surface area contributed by atoms with Crippen LogP contribution in [-0.2, 0) is 53.1 Å². The average Bonchev–Trinajstić information content (AvgIpc) is 3.26. The zero-order valence-electron chi connectivity index (χ0n) is 41.8. The van der Waals surface area contributed by atoms with Gasteiger partial charge in [0.25, 0.3) is 0 Å². The molecular weight excluding hydrogens is 873 g/mol. The molecule has 0 aromatic rings. The zero-order valence-corrected chi connectivity index (χ0v) is 46.6. The largest absolute Gasteiger partial charge is 0.500 e. The first kappa shape index (κ1) is 61.6. The highest BCUT2D eigenvalue weighted by atomic mass is 32.2. The van der Waals surface area contributed by atoms with Gasteiger partial charge in [-0.1, -0.05) is 27.7 Å². The molecule has 0 aliphatic heterocycles. The van der Waals surface area contributed by atoms with Gasteiger partial charge in [-0.05, 0) is 106 Å². The molecule has 0 aliphatic rings. The van der Waals surface area contributed by atoms with Crippen LogP contribution in [0.4, 0.5) is 0 Å². The second-order valence-electron chi connectivity index (χ2n) is 14.5. The molecule has 0 amide bonds. The Morgan fingerprint density at radius 1 is 0.393 bits per heavy atom. The SMILES string of the molecule is CCO[Si](CCCNCC(CC[Si](OC)(OC)OC)(SC(CC[Si](OC)(OC)OC)(CNCCC[Si](OCC)(OCC)OCC)N(CC)CC)N(CC)CC)(OCC)OCC. The van der Waals surface area contributed by atoms with Crippen LogP contribution in [0.5, 0.6) is 0 Å². The van der Waals surface area contributed by atoms with E-state index < -0.39 is 45.0 Å². The fourth-order valence-electron chi connectivity index (χ4n) is 8.21. The first-order valence-corrected chi connectivity index (χ1v) is 31.6. The van der Waals surface area contributed by atoms with Crippen LogP contribution in [0.15, 0.2) is 0 Å². The number of hydrogen-bond donors (Lipinski definition) is 2. The summed E-state index contributed by atoms with van der Waals surface area (Å²) in [7, 11) is -1.39. The first-order chi connectivity index (χ1) is 29.3. The topological polar surface area (TPSA) is 141 Å². The van der Waals surface area contributed by atoms with Crippen molar-refractivity contribution in [3.63, 3.8) is 0 Å². The standard InChI is InChI=1S/C40H94N4O12SSi4/c1-17-43(18-2)39(29-35-58(45-11,46-12)47-13,37-41-31-27-33-60(51-21-5,52-22-6)53-23-7)57-40(44(19-3)20-4,30-36-59(48-14,49-15)50-16)38-42-32-28-34-61(54-24-8,55-25-9)56-26-10/h41-42H,17-38H2,1-16H3. The average molecular weight is 968 g/mol. The zero-order chi connectivity index (χ0) is 46.3. The highest BCUT2D eigenvalue weighted by Gasteiger charge is 2.52. The molecule has 0 bridgehead atoms. The van der Waals surface area contributed by atoms with Gasteiger partial charge in [0, 0.05) is 120 Å². The normalized spacial score (nSPS) is 15.2. The smallest absolute Gasteiger partial charge is 0.377 e. The number of nitrogens with one attached hydrogen (secondary N) is 2. The highest BCUT2D eigenvalue weighted by molar-refractivity contribution is 8.02. The third kappa shape index (κ3) is 19.8. The number of nitrogens with zero attached hydrogens (tertiary/aromatic N) is 2. The van der Waals surface area contributed by atoms with Gasteiger partial charge in [0.05, 0.1) is 9.74 Å². The van der Waals surface area contributed by atoms with Crippen LogP contribution in [0.25, 0.3) is 0 Å². The van der Waals surface area contributed by atoms with Crippen molar-refractivity contribution in [2.45, 2.75) is 129 Å². The van der Waals surface area contributed by atoms with Crippen molar-refractivity contribution in [1.29, 1.82) is 0 Å². The van der Waals surface area contributed by atoms with E-state index in [0.717, 1.165) is 77.0 Å². The molecule has 0 aromatic carbocycles. The molecule has 21 heteroatoms. The molecule has 0 saturated carbocycles. The number of thioether (sulfide) groups is 1. The van der Waals surface area contributed by atoms with Crippen molar-refractivity contribution in [2.24, 2.45) is 0 Å². The maximum Gasteiger partial charge on any atom is 0.500 e. The van der Waals surface area contributed by atoms with Gasteiger partial charge in [0.1, 0.15) is 0 Å². The fourth-order valence-corrected chi connectivity index (χ4v) is 19.7. The summed E-state index contributed by atoms with van der Waals surface area (Å²) in [5.41, 5.74) is 0. The van der Waals surface area contributed by atoms with E-state index in [2.05, 4.69) is 48.1 Å². The predicted molar refractivity (Wildman–Crippen MR) is 257 cm³/mol. The van der Waals surface area contributed by atoms with E-state index in [1.54, 1.807) is 42.7 Å². The van der Waals surface area contributed by atoms with Gasteiger partial charge in [-0.2, -0.15) is 0 Å². The van der Waals surface area contributed by atoms with Crippen LogP contribution < -0.4 is 10.6 Å². The van der Waals surface area contributed by atoms with Crippen LogP contribution in [0.1, 0.15) is 94.9 Å². The number of rotatable bonds is 44. The van der Waals surface area contributed by atoms with Crippen LogP contribution in [0.3, 0.4) is 0 Å². The van der Waals surface area contributed by atoms with Crippen molar-refractivity contribution in [3.05, 3.63) is 0 Å². The summed E-state index contributed by atoms with van der Waals surface area (Å²) in [6.07, 6.45) is 3.19. The summed E-state index contributed by atoms with van der Waals surface area (Å²) in [6.45, 7) is 30.7. The maximum absolute atomic E-state index is 6.21. The van der Waals surface area contributed by atoms with Crippen LogP contribution >= 0.6 is 11.8 Å². The van der Waals surface area contributed by atoms with Gasteiger partial charge in [-0.15, -0.1) is 11.8 Å². The minimum atomic E-state index is -2.99. The van der Waals surface area contributed by atoms with Gasteiger partial charge in [-0.25, -0.2) is 0 Å². The molecule has 2 N–H and O–H groups in total. The fraction of sp³-hybridized carbons (Fsp3) is 1.00. The van der Waals surface area contributed by atoms with Crippen molar-refractivity contribution in [3.8, 4) is 0 Å². The lowest BCUT2D eigenvalue weighted by Crippen LogP contribution is -2.62. The molecule has 0 fully saturated rings. The Bertz CT molecular complexity index is 933. The lowest BCUT2D eigenvalue weighted by molar-refractivity contribution is 0.0699. The van der Waals surface area contributed by atoms with Crippen molar-refractivity contribution in [2.75, 3.05) is 135 Å². The van der Waals surface area contributed by atoms with Crippen molar-refractivity contribution >= 4 is 47.0 Å². The summed E-state index contributed by atoms with van der Waals surface area (Å²) < 4.78 is 73.7. The van der Waals surface area contributed by atoms with Gasteiger partial charge >= 0.3 is 35.2 Å². The molecule has 16 nitrogen and oxygen atoms in total. The number of hydrogen-bond acceptors (Lipinski definition) is 17. The minimum absolute atomic E-state index is 0.436. The lowest BCUT2D eigenvalue weighted by Gasteiger charge is -2.53. The third-order valence-electron chi connectivity index (χ3n) is 11.2. The molecule has 0 spiro atoms. The Labute approximate surface area is 382 Å². The summed E-state index contributed by atoms with van der Waals surface area (Å²) in [5, 5.41) is 7.88. The van der Waals surface area contributed by atoms with E-state index >= 15 is 0 Å². The summed E-state index contributed by atoms with van der Waals surface area (Å²) >= 11 is 2.03. The highest BCUT2D eigenvalue weighted by Crippen LogP contribution is 2.48. The molecular formula is C40H94N4O12SSi4. The molecule has 0 saturated heterocycles. The Kier molecular flexibility index (Phi) is 34.3. The molecule has 61 heavy (non-hydrogen) atoms. The van der Waals surface area contributed by atoms with E-state index in [-0.39, 0.29) is 0 Å². The van der Waals surface area contributed by atoms with Crippen molar-refractivity contribution in [1.82, 2.24) is 20.4 Å². The molecule has 0 heterocycles. The van der Waals surface area contributed by atoms with Gasteiger partial charge in [0.2, 0.25) is 0 Å². The van der Waals surface area contributed by atoms with E-state index in [1.807, 2.05) is 53.3 Å². The number of likely N-dealkylation sites (N-methyl/N-ethyl adjacent to an activating group) is 2. The van der Waals surface area contributed by atoms with E-state index in [4.69, 9.17) is 53.1 Å². The second-order valence-corrected chi connectivity index (χ2v) is 27.8. The van der Waals surface area contributed by atoms with E-state index in [9.17, 15) is 0 Å². The van der Waals surface area contributed by atoms with Gasteiger partial charge < -0.3 is 63.7 Å². The molecule has 0 radical (unpaired) electrons. The Hall–Kier alpha value is 0.578. The van der Waals surface area contributed by atoms with Gasteiger partial charge in [0.15, 0.2) is 0 Å². The Morgan fingerprint density at radius 2 is 0.656 bits per heavy atom. The molecule has 2 atom stereocenters. The molecule has 0 aromatic heterocycles. The first-order valence-electron chi connectivity index (χ1n) is 23.1. The molecule has 0 rings (SSSR count). The summed E-state index contributed by atoms with van der Waals surface area (Å²) in [5.74, 6) is 0. The Balaban J connectivity index is 7.45. The third-order valence-corrected chi connectivity index (χ3v) is 25.0. The van der Waals surface area contributed by atoms with Crippen LogP contribution in [0, 0.1) is 0 Å². The minimum Gasteiger partial charge on any atom is -0.377 e. The lowest BCUT2D eigenvalue weighted by atomic mass is 10.1. The van der Waals surface area contributed by atoms with Gasteiger partial charge in [-0.3, -0.25) is 9.80 Å². The maximum atomic E-state index is 6.21. The van der Waals surface area contributed by atoms with Crippen LogP contribution in [-0.4, -0.2) is 189 Å². The summed E-state index contributed by atoms with van der Waals surface area (Å²) in [4.78, 5) is 4.33. The monoisotopic (exact) mass is 967 g/mol. The van der Waals surface area contributed by atoms with Crippen molar-refractivity contribution < 1.29 is 53.1 Å². The molecule has 368 valence electrons. The van der Waals surface area contributed by atoms with E-state index in [0.29, 0.717) is 64.8 Å². The molecule has 0 aliphatic carbocycles. The quantitative estimate of drug-likeness (QED) is 0.0396.